The van der Waals surface area contributed by atoms with Gasteiger partial charge in [0.25, 0.3) is 5.91 Å². The predicted molar refractivity (Wildman–Crippen MR) is 118 cm³/mol. The molecule has 29 heavy (non-hydrogen) atoms. The van der Waals surface area contributed by atoms with Gasteiger partial charge in [0.15, 0.2) is 11.5 Å². The van der Waals surface area contributed by atoms with Crippen molar-refractivity contribution >= 4 is 40.6 Å². The molecule has 2 aromatic carbocycles. The maximum absolute atomic E-state index is 12.0. The number of hydrogen-bond donors (Lipinski definition) is 3. The summed E-state index contributed by atoms with van der Waals surface area (Å²) in [4.78, 5) is 23.9. The zero-order chi connectivity index (χ0) is 21.2. The van der Waals surface area contributed by atoms with E-state index in [1.54, 1.807) is 43.5 Å². The van der Waals surface area contributed by atoms with Crippen molar-refractivity contribution in [2.24, 2.45) is 5.10 Å². The van der Waals surface area contributed by atoms with Crippen LogP contribution >= 0.6 is 22.6 Å². The SMILES string of the molecule is CCOc1cc(C=NNC(=O)CCNC(=O)c2ccc(OC)cc2)cc(I)c1O. The van der Waals surface area contributed by atoms with E-state index in [-0.39, 0.29) is 30.5 Å². The van der Waals surface area contributed by atoms with E-state index in [0.29, 0.717) is 32.8 Å². The van der Waals surface area contributed by atoms with E-state index in [1.807, 2.05) is 29.5 Å². The molecule has 9 heteroatoms. The molecule has 0 aliphatic rings. The van der Waals surface area contributed by atoms with Crippen LogP contribution in [0.1, 0.15) is 29.3 Å². The summed E-state index contributed by atoms with van der Waals surface area (Å²) in [7, 11) is 1.55. The van der Waals surface area contributed by atoms with Gasteiger partial charge in [0.1, 0.15) is 5.75 Å². The van der Waals surface area contributed by atoms with Gasteiger partial charge in [0.05, 0.1) is 23.5 Å². The van der Waals surface area contributed by atoms with Crippen LogP contribution in [0.2, 0.25) is 0 Å². The molecule has 0 aliphatic carbocycles. The van der Waals surface area contributed by atoms with E-state index in [2.05, 4.69) is 15.8 Å². The molecule has 0 radical (unpaired) electrons. The minimum Gasteiger partial charge on any atom is -0.504 e. The molecule has 0 unspecified atom stereocenters. The Hall–Kier alpha value is -2.82. The van der Waals surface area contributed by atoms with Gasteiger partial charge in [-0.15, -0.1) is 0 Å². The summed E-state index contributed by atoms with van der Waals surface area (Å²) in [5.74, 6) is 0.478. The largest absolute Gasteiger partial charge is 0.504 e. The molecule has 0 bridgehead atoms. The highest BCUT2D eigenvalue weighted by molar-refractivity contribution is 14.1. The molecule has 3 N–H and O–H groups in total. The van der Waals surface area contributed by atoms with Gasteiger partial charge in [-0.1, -0.05) is 0 Å². The maximum atomic E-state index is 12.0. The highest BCUT2D eigenvalue weighted by Gasteiger charge is 2.09. The number of nitrogens with zero attached hydrogens (tertiary/aromatic N) is 1. The second-order valence-electron chi connectivity index (χ2n) is 5.81. The topological polar surface area (TPSA) is 109 Å². The summed E-state index contributed by atoms with van der Waals surface area (Å²) in [5, 5.41) is 16.5. The van der Waals surface area contributed by atoms with Crippen molar-refractivity contribution in [3.63, 3.8) is 0 Å². The van der Waals surface area contributed by atoms with Gasteiger partial charge in [-0.05, 0) is 71.5 Å². The Morgan fingerprint density at radius 2 is 1.97 bits per heavy atom. The summed E-state index contributed by atoms with van der Waals surface area (Å²) < 4.78 is 11.0. The van der Waals surface area contributed by atoms with E-state index in [4.69, 9.17) is 9.47 Å². The monoisotopic (exact) mass is 511 g/mol. The number of ether oxygens (including phenoxy) is 2. The molecule has 0 heterocycles. The molecule has 2 rings (SSSR count). The molecule has 154 valence electrons. The molecular formula is C20H22IN3O5. The summed E-state index contributed by atoms with van der Waals surface area (Å²) in [6.07, 6.45) is 1.54. The average Bonchev–Trinajstić information content (AvgIpc) is 2.71. The van der Waals surface area contributed by atoms with Crippen LogP contribution in [0, 0.1) is 3.57 Å². The summed E-state index contributed by atoms with van der Waals surface area (Å²) in [5.41, 5.74) is 3.55. The maximum Gasteiger partial charge on any atom is 0.251 e. The van der Waals surface area contributed by atoms with Gasteiger partial charge >= 0.3 is 0 Å². The molecule has 0 saturated heterocycles. The Labute approximate surface area is 182 Å². The number of amides is 2. The van der Waals surface area contributed by atoms with E-state index >= 15 is 0 Å². The van der Waals surface area contributed by atoms with E-state index in [9.17, 15) is 14.7 Å². The van der Waals surface area contributed by atoms with Gasteiger partial charge in [-0.2, -0.15) is 5.10 Å². The van der Waals surface area contributed by atoms with Crippen LogP contribution in [0.15, 0.2) is 41.5 Å². The third-order valence-corrected chi connectivity index (χ3v) is 4.57. The Bertz CT molecular complexity index is 884. The summed E-state index contributed by atoms with van der Waals surface area (Å²) in [6, 6.07) is 10.0. The van der Waals surface area contributed by atoms with Crippen molar-refractivity contribution < 1.29 is 24.2 Å². The molecule has 8 nitrogen and oxygen atoms in total. The summed E-state index contributed by atoms with van der Waals surface area (Å²) in [6.45, 7) is 2.42. The van der Waals surface area contributed by atoms with Crippen LogP contribution in [-0.2, 0) is 4.79 Å². The quantitative estimate of drug-likeness (QED) is 0.273. The lowest BCUT2D eigenvalue weighted by Gasteiger charge is -2.08. The summed E-state index contributed by atoms with van der Waals surface area (Å²) >= 11 is 1.99. The van der Waals surface area contributed by atoms with Crippen molar-refractivity contribution in [2.45, 2.75) is 13.3 Å². The first-order chi connectivity index (χ1) is 13.9. The minimum atomic E-state index is -0.338. The highest BCUT2D eigenvalue weighted by atomic mass is 127. The van der Waals surface area contributed by atoms with Crippen molar-refractivity contribution in [1.29, 1.82) is 0 Å². The zero-order valence-corrected chi connectivity index (χ0v) is 18.2. The first kappa shape index (κ1) is 22.5. The van der Waals surface area contributed by atoms with Crippen LogP contribution < -0.4 is 20.2 Å². The van der Waals surface area contributed by atoms with Gasteiger partial charge < -0.3 is 19.9 Å². The van der Waals surface area contributed by atoms with Crippen LogP contribution in [0.5, 0.6) is 17.2 Å². The molecule has 0 saturated carbocycles. The fraction of sp³-hybridized carbons (Fsp3) is 0.250. The molecule has 2 aromatic rings. The fourth-order valence-electron chi connectivity index (χ4n) is 2.30. The van der Waals surface area contributed by atoms with Crippen molar-refractivity contribution in [2.75, 3.05) is 20.3 Å². The molecule has 0 spiro atoms. The van der Waals surface area contributed by atoms with Crippen molar-refractivity contribution in [3.8, 4) is 17.2 Å². The number of hydrazone groups is 1. The number of nitrogens with one attached hydrogen (secondary N) is 2. The van der Waals surface area contributed by atoms with Crippen LogP contribution in [0.25, 0.3) is 0 Å². The standard InChI is InChI=1S/C20H22IN3O5/c1-3-29-17-11-13(10-16(21)19(17)26)12-23-24-18(25)8-9-22-20(27)14-4-6-15(28-2)7-5-14/h4-7,10-12,26H,3,8-9H2,1-2H3,(H,22,27)(H,24,25). The van der Waals surface area contributed by atoms with Gasteiger partial charge in [-0.25, -0.2) is 5.43 Å². The minimum absolute atomic E-state index is 0.0706. The van der Waals surface area contributed by atoms with Gasteiger partial charge in [0.2, 0.25) is 5.91 Å². The molecular weight excluding hydrogens is 489 g/mol. The van der Waals surface area contributed by atoms with E-state index in [1.165, 1.54) is 6.21 Å². The van der Waals surface area contributed by atoms with E-state index < -0.39 is 0 Å². The number of benzene rings is 2. The number of carbonyl (C=O) groups is 2. The lowest BCUT2D eigenvalue weighted by molar-refractivity contribution is -0.120. The Balaban J connectivity index is 1.80. The van der Waals surface area contributed by atoms with Gasteiger partial charge in [-0.3, -0.25) is 9.59 Å². The fourth-order valence-corrected chi connectivity index (χ4v) is 2.93. The van der Waals surface area contributed by atoms with Crippen molar-refractivity contribution in [3.05, 3.63) is 51.1 Å². The lowest BCUT2D eigenvalue weighted by Crippen LogP contribution is -2.29. The first-order valence-corrected chi connectivity index (χ1v) is 9.92. The van der Waals surface area contributed by atoms with Crippen LogP contribution in [-0.4, -0.2) is 43.4 Å². The number of rotatable bonds is 9. The third-order valence-electron chi connectivity index (χ3n) is 3.74. The third kappa shape index (κ3) is 6.93. The average molecular weight is 511 g/mol. The predicted octanol–water partition coefficient (Wildman–Crippen LogP) is 2.67. The number of methoxy groups -OCH3 is 1. The smallest absolute Gasteiger partial charge is 0.251 e. The Kier molecular flexibility index (Phi) is 8.71. The molecule has 0 aliphatic heterocycles. The lowest BCUT2D eigenvalue weighted by atomic mass is 10.2. The van der Waals surface area contributed by atoms with Crippen LogP contribution in [0.4, 0.5) is 0 Å². The first-order valence-electron chi connectivity index (χ1n) is 8.84. The molecule has 0 fully saturated rings. The number of phenolic OH excluding ortho intramolecular Hbond substituents is 1. The molecule has 2 amide bonds. The van der Waals surface area contributed by atoms with E-state index in [0.717, 1.165) is 0 Å². The number of phenols is 1. The van der Waals surface area contributed by atoms with Gasteiger partial charge in [0, 0.05) is 18.5 Å². The number of hydrogen-bond acceptors (Lipinski definition) is 6. The second-order valence-corrected chi connectivity index (χ2v) is 6.97. The molecule has 0 aromatic heterocycles. The number of aromatic hydroxyl groups is 1. The zero-order valence-electron chi connectivity index (χ0n) is 16.1. The molecule has 0 atom stereocenters. The number of carbonyl (C=O) groups excluding carboxylic acids is 2. The normalized spacial score (nSPS) is 10.6. The Morgan fingerprint density at radius 3 is 2.62 bits per heavy atom. The Morgan fingerprint density at radius 1 is 1.24 bits per heavy atom. The highest BCUT2D eigenvalue weighted by Crippen LogP contribution is 2.32. The van der Waals surface area contributed by atoms with Crippen LogP contribution in [0.3, 0.4) is 0 Å². The second kappa shape index (κ2) is 11.2. The van der Waals surface area contributed by atoms with Crippen molar-refractivity contribution in [1.82, 2.24) is 10.7 Å². The number of halogens is 1.